The fraction of sp³-hybridized carbons (Fsp3) is 0.200. The Kier molecular flexibility index (Phi) is 4.19. The van der Waals surface area contributed by atoms with Crippen LogP contribution < -0.4 is 5.32 Å². The van der Waals surface area contributed by atoms with Crippen molar-refractivity contribution >= 4 is 11.6 Å². The normalized spacial score (nSPS) is 11.0. The van der Waals surface area contributed by atoms with E-state index in [4.69, 9.17) is 9.05 Å². The summed E-state index contributed by atoms with van der Waals surface area (Å²) in [6, 6.07) is 9.85. The number of hydrogen-bond donors (Lipinski definition) is 1. The first-order valence-corrected chi connectivity index (χ1v) is 8.59. The predicted octanol–water partition coefficient (Wildman–Crippen LogP) is 4.76. The van der Waals surface area contributed by atoms with Crippen LogP contribution in [0.5, 0.6) is 0 Å². The summed E-state index contributed by atoms with van der Waals surface area (Å²) in [6.45, 7) is 7.62. The van der Waals surface area contributed by atoms with Crippen LogP contribution in [0.3, 0.4) is 0 Å². The van der Waals surface area contributed by atoms with Crippen LogP contribution in [0.1, 0.15) is 22.9 Å². The van der Waals surface area contributed by atoms with E-state index in [-0.39, 0.29) is 0 Å². The average molecular weight is 361 g/mol. The maximum absolute atomic E-state index is 5.24. The summed E-state index contributed by atoms with van der Waals surface area (Å²) in [4.78, 5) is 8.89. The molecule has 0 spiro atoms. The quantitative estimate of drug-likeness (QED) is 0.560. The van der Waals surface area contributed by atoms with Crippen molar-refractivity contribution in [2.24, 2.45) is 0 Å². The van der Waals surface area contributed by atoms with E-state index in [1.807, 2.05) is 58.0 Å². The van der Waals surface area contributed by atoms with Gasteiger partial charge in [0.15, 0.2) is 0 Å². The zero-order valence-corrected chi connectivity index (χ0v) is 15.6. The van der Waals surface area contributed by atoms with Crippen LogP contribution in [0.15, 0.2) is 45.6 Å². The topological polar surface area (TPSA) is 89.9 Å². The maximum Gasteiger partial charge on any atom is 0.227 e. The molecular weight excluding hydrogens is 342 g/mol. The van der Waals surface area contributed by atoms with E-state index in [2.05, 4.69) is 25.6 Å². The minimum Gasteiger partial charge on any atom is -0.361 e. The molecule has 136 valence electrons. The Hall–Kier alpha value is -3.48. The van der Waals surface area contributed by atoms with Crippen molar-refractivity contribution in [3.05, 3.63) is 59.4 Å². The van der Waals surface area contributed by atoms with Gasteiger partial charge in [-0.3, -0.25) is 0 Å². The summed E-state index contributed by atoms with van der Waals surface area (Å²) in [6.07, 6.45) is 1.72. The highest BCUT2D eigenvalue weighted by Crippen LogP contribution is 2.29. The molecule has 0 aliphatic rings. The van der Waals surface area contributed by atoms with Crippen molar-refractivity contribution in [3.63, 3.8) is 0 Å². The van der Waals surface area contributed by atoms with Gasteiger partial charge in [-0.05, 0) is 51.5 Å². The summed E-state index contributed by atoms with van der Waals surface area (Å²) in [5, 5.41) is 11.2. The third-order valence-corrected chi connectivity index (χ3v) is 4.41. The number of anilines is 2. The summed E-state index contributed by atoms with van der Waals surface area (Å²) in [7, 11) is 0. The first-order valence-electron chi connectivity index (χ1n) is 8.59. The van der Waals surface area contributed by atoms with Crippen molar-refractivity contribution < 1.29 is 9.05 Å². The van der Waals surface area contributed by atoms with E-state index in [0.717, 1.165) is 51.0 Å². The van der Waals surface area contributed by atoms with Crippen LogP contribution in [0.4, 0.5) is 11.6 Å². The molecule has 0 amide bonds. The number of aromatic nitrogens is 4. The third-order valence-electron chi connectivity index (χ3n) is 4.41. The molecule has 0 atom stereocenters. The fourth-order valence-electron chi connectivity index (χ4n) is 3.15. The van der Waals surface area contributed by atoms with Gasteiger partial charge in [0.1, 0.15) is 11.5 Å². The van der Waals surface area contributed by atoms with Crippen molar-refractivity contribution in [1.29, 1.82) is 0 Å². The third kappa shape index (κ3) is 3.19. The Balaban J connectivity index is 1.59. The molecular formula is C20H19N5O2. The first-order chi connectivity index (χ1) is 13.0. The van der Waals surface area contributed by atoms with E-state index >= 15 is 0 Å². The van der Waals surface area contributed by atoms with E-state index in [0.29, 0.717) is 5.95 Å². The molecule has 7 nitrogen and oxygen atoms in total. The SMILES string of the molecule is Cc1noc(C)c1-c1ccc(Nc2nccc(-c3c(C)noc3C)n2)cc1. The molecule has 3 heterocycles. The van der Waals surface area contributed by atoms with Crippen LogP contribution in [0.2, 0.25) is 0 Å². The molecule has 0 saturated heterocycles. The Morgan fingerprint density at radius 3 is 2.00 bits per heavy atom. The lowest BCUT2D eigenvalue weighted by Crippen LogP contribution is -1.98. The molecule has 0 fully saturated rings. The van der Waals surface area contributed by atoms with Gasteiger partial charge in [0.05, 0.1) is 22.6 Å². The molecule has 0 aliphatic carbocycles. The highest BCUT2D eigenvalue weighted by atomic mass is 16.5. The van der Waals surface area contributed by atoms with Gasteiger partial charge >= 0.3 is 0 Å². The Morgan fingerprint density at radius 2 is 1.41 bits per heavy atom. The number of aryl methyl sites for hydroxylation is 4. The molecule has 4 aromatic rings. The minimum atomic E-state index is 0.512. The summed E-state index contributed by atoms with van der Waals surface area (Å²) >= 11 is 0. The average Bonchev–Trinajstić information content (AvgIpc) is 3.17. The van der Waals surface area contributed by atoms with Gasteiger partial charge in [-0.25, -0.2) is 9.97 Å². The van der Waals surface area contributed by atoms with E-state index < -0.39 is 0 Å². The van der Waals surface area contributed by atoms with Gasteiger partial charge < -0.3 is 14.4 Å². The molecule has 7 heteroatoms. The van der Waals surface area contributed by atoms with Gasteiger partial charge in [0.2, 0.25) is 5.95 Å². The van der Waals surface area contributed by atoms with Crippen molar-refractivity contribution in [2.45, 2.75) is 27.7 Å². The Bertz CT molecular complexity index is 1060. The van der Waals surface area contributed by atoms with Gasteiger partial charge in [-0.15, -0.1) is 0 Å². The maximum atomic E-state index is 5.24. The van der Waals surface area contributed by atoms with E-state index in [1.165, 1.54) is 0 Å². The van der Waals surface area contributed by atoms with Crippen LogP contribution in [-0.2, 0) is 0 Å². The highest BCUT2D eigenvalue weighted by molar-refractivity contribution is 5.71. The number of nitrogens with zero attached hydrogens (tertiary/aromatic N) is 4. The first kappa shape index (κ1) is 17.0. The van der Waals surface area contributed by atoms with Gasteiger partial charge in [0.25, 0.3) is 0 Å². The Morgan fingerprint density at radius 1 is 0.778 bits per heavy atom. The Labute approximate surface area is 156 Å². The summed E-state index contributed by atoms with van der Waals surface area (Å²) in [5.74, 6) is 2.06. The van der Waals surface area contributed by atoms with Crippen LogP contribution in [0.25, 0.3) is 22.4 Å². The van der Waals surface area contributed by atoms with Crippen LogP contribution >= 0.6 is 0 Å². The fourth-order valence-corrected chi connectivity index (χ4v) is 3.15. The monoisotopic (exact) mass is 361 g/mol. The van der Waals surface area contributed by atoms with E-state index in [1.54, 1.807) is 6.20 Å². The van der Waals surface area contributed by atoms with Crippen molar-refractivity contribution in [2.75, 3.05) is 5.32 Å². The second kappa shape index (κ2) is 6.68. The van der Waals surface area contributed by atoms with Gasteiger partial charge in [-0.2, -0.15) is 0 Å². The lowest BCUT2D eigenvalue weighted by atomic mass is 10.0. The molecule has 0 aliphatic heterocycles. The molecule has 0 saturated carbocycles. The molecule has 0 bridgehead atoms. The second-order valence-electron chi connectivity index (χ2n) is 6.37. The highest BCUT2D eigenvalue weighted by Gasteiger charge is 2.14. The summed E-state index contributed by atoms with van der Waals surface area (Å²) in [5.41, 5.74) is 6.33. The minimum absolute atomic E-state index is 0.512. The largest absolute Gasteiger partial charge is 0.361 e. The van der Waals surface area contributed by atoms with Crippen molar-refractivity contribution in [3.8, 4) is 22.4 Å². The van der Waals surface area contributed by atoms with Gasteiger partial charge in [0, 0.05) is 17.4 Å². The molecule has 27 heavy (non-hydrogen) atoms. The van der Waals surface area contributed by atoms with Gasteiger partial charge in [-0.1, -0.05) is 22.4 Å². The summed E-state index contributed by atoms with van der Waals surface area (Å²) < 4.78 is 10.5. The molecule has 1 N–H and O–H groups in total. The van der Waals surface area contributed by atoms with E-state index in [9.17, 15) is 0 Å². The molecule has 0 unspecified atom stereocenters. The lowest BCUT2D eigenvalue weighted by Gasteiger charge is -2.07. The zero-order chi connectivity index (χ0) is 19.0. The number of rotatable bonds is 4. The lowest BCUT2D eigenvalue weighted by molar-refractivity contribution is 0.393. The molecule has 4 rings (SSSR count). The molecule has 3 aromatic heterocycles. The van der Waals surface area contributed by atoms with Crippen LogP contribution in [0, 0.1) is 27.7 Å². The number of nitrogens with one attached hydrogen (secondary N) is 1. The van der Waals surface area contributed by atoms with Crippen molar-refractivity contribution in [1.82, 2.24) is 20.3 Å². The molecule has 1 aromatic carbocycles. The molecule has 0 radical (unpaired) electrons. The predicted molar refractivity (Wildman–Crippen MR) is 102 cm³/mol. The zero-order valence-electron chi connectivity index (χ0n) is 15.6. The number of hydrogen-bond acceptors (Lipinski definition) is 7. The van der Waals surface area contributed by atoms with Crippen LogP contribution in [-0.4, -0.2) is 20.3 Å². The smallest absolute Gasteiger partial charge is 0.227 e. The second-order valence-corrected chi connectivity index (χ2v) is 6.37. The standard InChI is InChI=1S/C20H19N5O2/c1-11-18(13(3)26-24-11)15-5-7-16(8-6-15)22-20-21-10-9-17(23-20)19-12(2)25-27-14(19)4/h5-10H,1-4H3,(H,21,22,23). The number of benzene rings is 1.